The minimum absolute atomic E-state index is 0.151. The topological polar surface area (TPSA) is 92.4 Å². The quantitative estimate of drug-likeness (QED) is 0.808. The lowest BCUT2D eigenvalue weighted by Crippen LogP contribution is -2.56. The molecule has 1 heterocycles. The number of amides is 1. The lowest BCUT2D eigenvalue weighted by molar-refractivity contribution is -0.149. The third kappa shape index (κ3) is 4.56. The van der Waals surface area contributed by atoms with Gasteiger partial charge in [0.05, 0.1) is 6.20 Å². The summed E-state index contributed by atoms with van der Waals surface area (Å²) in [6.07, 6.45) is 4.72. The number of carbonyl (C=O) groups is 2. The summed E-state index contributed by atoms with van der Waals surface area (Å²) in [5.74, 6) is 0.417. The molecule has 3 rings (SSSR count). The van der Waals surface area contributed by atoms with Crippen LogP contribution in [-0.4, -0.2) is 27.5 Å². The highest BCUT2D eigenvalue weighted by atomic mass is 16.4. The van der Waals surface area contributed by atoms with Crippen LogP contribution >= 0.6 is 0 Å². The molecular formula is C21H26N2O4. The normalized spacial score (nSPS) is 22.4. The zero-order valence-corrected chi connectivity index (χ0v) is 15.8. The Kier molecular flexibility index (Phi) is 5.63. The van der Waals surface area contributed by atoms with Gasteiger partial charge in [-0.2, -0.15) is 0 Å². The van der Waals surface area contributed by atoms with E-state index in [1.54, 1.807) is 6.20 Å². The number of aliphatic carboxylic acids is 1. The molecule has 0 radical (unpaired) electrons. The second-order valence-electron chi connectivity index (χ2n) is 7.60. The minimum Gasteiger partial charge on any atom is -0.480 e. The van der Waals surface area contributed by atoms with E-state index in [4.69, 9.17) is 4.42 Å². The molecule has 27 heavy (non-hydrogen) atoms. The molecule has 1 saturated carbocycles. The molecule has 1 amide bonds. The zero-order chi connectivity index (χ0) is 19.4. The van der Waals surface area contributed by atoms with Crippen molar-refractivity contribution in [2.45, 2.75) is 57.9 Å². The van der Waals surface area contributed by atoms with Crippen LogP contribution in [0.25, 0.3) is 11.3 Å². The van der Waals surface area contributed by atoms with Crippen LogP contribution in [0.5, 0.6) is 0 Å². The van der Waals surface area contributed by atoms with E-state index in [1.807, 2.05) is 31.2 Å². The van der Waals surface area contributed by atoms with E-state index in [0.717, 1.165) is 18.4 Å². The summed E-state index contributed by atoms with van der Waals surface area (Å²) in [6.45, 7) is 4.13. The Morgan fingerprint density at radius 1 is 1.26 bits per heavy atom. The SMILES string of the molecule is Cc1ccc(-c2cnc(CCC(=O)NC3(C(=O)O)CCC(C)CC3)o2)cc1. The number of carboxylic acids is 1. The number of carboxylic acid groups (broad SMARTS) is 1. The van der Waals surface area contributed by atoms with Gasteiger partial charge in [0.1, 0.15) is 5.54 Å². The summed E-state index contributed by atoms with van der Waals surface area (Å²) < 4.78 is 5.73. The van der Waals surface area contributed by atoms with Crippen LogP contribution in [0.2, 0.25) is 0 Å². The lowest BCUT2D eigenvalue weighted by Gasteiger charge is -2.36. The number of aromatic nitrogens is 1. The molecule has 0 atom stereocenters. The lowest BCUT2D eigenvalue weighted by atomic mass is 9.77. The van der Waals surface area contributed by atoms with Gasteiger partial charge in [-0.1, -0.05) is 36.8 Å². The van der Waals surface area contributed by atoms with Crippen molar-refractivity contribution >= 4 is 11.9 Å². The van der Waals surface area contributed by atoms with E-state index < -0.39 is 11.5 Å². The van der Waals surface area contributed by atoms with Crippen LogP contribution in [0.3, 0.4) is 0 Å². The summed E-state index contributed by atoms with van der Waals surface area (Å²) in [7, 11) is 0. The molecule has 144 valence electrons. The van der Waals surface area contributed by atoms with Gasteiger partial charge in [-0.3, -0.25) is 4.79 Å². The predicted octanol–water partition coefficient (Wildman–Crippen LogP) is 3.73. The Balaban J connectivity index is 1.57. The zero-order valence-electron chi connectivity index (χ0n) is 15.8. The van der Waals surface area contributed by atoms with Gasteiger partial charge in [0.15, 0.2) is 11.7 Å². The first-order chi connectivity index (χ1) is 12.9. The third-order valence-corrected chi connectivity index (χ3v) is 5.37. The average molecular weight is 370 g/mol. The molecule has 0 spiro atoms. The molecule has 0 unspecified atom stereocenters. The van der Waals surface area contributed by atoms with Crippen molar-refractivity contribution in [2.75, 3.05) is 0 Å². The molecule has 1 aliphatic carbocycles. The number of aryl methyl sites for hydroxylation is 2. The van der Waals surface area contributed by atoms with Crippen LogP contribution in [-0.2, 0) is 16.0 Å². The number of rotatable bonds is 6. The summed E-state index contributed by atoms with van der Waals surface area (Å²) in [4.78, 5) is 28.3. The third-order valence-electron chi connectivity index (χ3n) is 5.37. The molecule has 0 bridgehead atoms. The van der Waals surface area contributed by atoms with Crippen LogP contribution < -0.4 is 5.32 Å². The van der Waals surface area contributed by atoms with Crippen molar-refractivity contribution in [3.8, 4) is 11.3 Å². The average Bonchev–Trinajstić information content (AvgIpc) is 3.11. The molecule has 1 fully saturated rings. The highest BCUT2D eigenvalue weighted by Gasteiger charge is 2.42. The van der Waals surface area contributed by atoms with Gasteiger partial charge < -0.3 is 14.8 Å². The van der Waals surface area contributed by atoms with Gasteiger partial charge in [-0.25, -0.2) is 9.78 Å². The number of nitrogens with one attached hydrogen (secondary N) is 1. The van der Waals surface area contributed by atoms with Crippen molar-refractivity contribution < 1.29 is 19.1 Å². The number of hydrogen-bond acceptors (Lipinski definition) is 4. The molecule has 0 aliphatic heterocycles. The minimum atomic E-state index is -1.13. The molecule has 6 heteroatoms. The molecule has 1 aromatic carbocycles. The molecule has 6 nitrogen and oxygen atoms in total. The van der Waals surface area contributed by atoms with Gasteiger partial charge >= 0.3 is 5.97 Å². The van der Waals surface area contributed by atoms with Crippen molar-refractivity contribution in [2.24, 2.45) is 5.92 Å². The van der Waals surface area contributed by atoms with Gasteiger partial charge in [-0.05, 0) is 38.5 Å². The van der Waals surface area contributed by atoms with Gasteiger partial charge in [0.25, 0.3) is 0 Å². The highest BCUT2D eigenvalue weighted by Crippen LogP contribution is 2.32. The predicted molar refractivity (Wildman–Crippen MR) is 101 cm³/mol. The van der Waals surface area contributed by atoms with Crippen molar-refractivity contribution in [3.05, 3.63) is 41.9 Å². The smallest absolute Gasteiger partial charge is 0.329 e. The number of benzene rings is 1. The second-order valence-corrected chi connectivity index (χ2v) is 7.60. The standard InChI is InChI=1S/C21H26N2O4/c1-14-3-5-16(6-4-14)17-13-22-19(27-17)8-7-18(24)23-21(20(25)26)11-9-15(2)10-12-21/h3-6,13,15H,7-12H2,1-2H3,(H,23,24)(H,25,26). The van der Waals surface area contributed by atoms with Crippen LogP contribution in [0, 0.1) is 12.8 Å². The van der Waals surface area contributed by atoms with Gasteiger partial charge in [0.2, 0.25) is 5.91 Å². The fourth-order valence-corrected chi connectivity index (χ4v) is 3.47. The first-order valence-electron chi connectivity index (χ1n) is 9.44. The van der Waals surface area contributed by atoms with E-state index in [0.29, 0.717) is 36.8 Å². The van der Waals surface area contributed by atoms with Crippen LogP contribution in [0.4, 0.5) is 0 Å². The summed E-state index contributed by atoms with van der Waals surface area (Å²) in [6, 6.07) is 7.93. The van der Waals surface area contributed by atoms with Gasteiger partial charge in [-0.15, -0.1) is 0 Å². The van der Waals surface area contributed by atoms with Gasteiger partial charge in [0, 0.05) is 18.4 Å². The highest BCUT2D eigenvalue weighted by molar-refractivity contribution is 5.87. The molecule has 2 N–H and O–H groups in total. The second kappa shape index (κ2) is 7.94. The maximum Gasteiger partial charge on any atom is 0.329 e. The Labute approximate surface area is 159 Å². The van der Waals surface area contributed by atoms with E-state index in [-0.39, 0.29) is 12.3 Å². The maximum absolute atomic E-state index is 12.3. The Hall–Kier alpha value is -2.63. The van der Waals surface area contributed by atoms with Crippen molar-refractivity contribution in [1.82, 2.24) is 10.3 Å². The molecule has 2 aromatic rings. The Morgan fingerprint density at radius 2 is 1.93 bits per heavy atom. The Bertz CT molecular complexity index is 802. The van der Waals surface area contributed by atoms with Crippen molar-refractivity contribution in [1.29, 1.82) is 0 Å². The number of carbonyl (C=O) groups excluding carboxylic acids is 1. The number of oxazole rings is 1. The molecule has 0 saturated heterocycles. The van der Waals surface area contributed by atoms with E-state index in [2.05, 4.69) is 17.2 Å². The largest absolute Gasteiger partial charge is 0.480 e. The fraction of sp³-hybridized carbons (Fsp3) is 0.476. The molecule has 1 aromatic heterocycles. The van der Waals surface area contributed by atoms with E-state index in [9.17, 15) is 14.7 Å². The summed E-state index contributed by atoms with van der Waals surface area (Å²) >= 11 is 0. The Morgan fingerprint density at radius 3 is 2.56 bits per heavy atom. The first-order valence-corrected chi connectivity index (χ1v) is 9.44. The maximum atomic E-state index is 12.3. The molecular weight excluding hydrogens is 344 g/mol. The monoisotopic (exact) mass is 370 g/mol. The summed E-state index contributed by atoms with van der Waals surface area (Å²) in [5, 5.41) is 12.4. The van der Waals surface area contributed by atoms with E-state index >= 15 is 0 Å². The van der Waals surface area contributed by atoms with E-state index in [1.165, 1.54) is 5.56 Å². The van der Waals surface area contributed by atoms with Crippen LogP contribution in [0.15, 0.2) is 34.9 Å². The van der Waals surface area contributed by atoms with Crippen LogP contribution in [0.1, 0.15) is 50.5 Å². The first kappa shape index (κ1) is 19.1. The summed E-state index contributed by atoms with van der Waals surface area (Å²) in [5.41, 5.74) is 0.970. The number of nitrogens with zero attached hydrogens (tertiary/aromatic N) is 1. The van der Waals surface area contributed by atoms with Crippen molar-refractivity contribution in [3.63, 3.8) is 0 Å². The fourth-order valence-electron chi connectivity index (χ4n) is 3.47. The number of hydrogen-bond donors (Lipinski definition) is 2. The molecule has 1 aliphatic rings.